The summed E-state index contributed by atoms with van der Waals surface area (Å²) in [6.45, 7) is 3.43. The van der Waals surface area contributed by atoms with Crippen LogP contribution in [0.3, 0.4) is 0 Å². The number of aryl methyl sites for hydroxylation is 1. The number of benzene rings is 1. The van der Waals surface area contributed by atoms with E-state index in [4.69, 9.17) is 10.5 Å². The molecule has 2 rings (SSSR count). The average molecular weight is 315 g/mol. The van der Waals surface area contributed by atoms with E-state index in [2.05, 4.69) is 39.7 Å². The lowest BCUT2D eigenvalue weighted by atomic mass is 10.1. The Morgan fingerprint density at radius 1 is 1.13 bits per heavy atom. The van der Waals surface area contributed by atoms with Crippen LogP contribution in [-0.4, -0.2) is 30.2 Å². The second kappa shape index (κ2) is 8.95. The fourth-order valence-electron chi connectivity index (χ4n) is 2.18. The van der Waals surface area contributed by atoms with Crippen LogP contribution in [-0.2, 0) is 11.2 Å². The van der Waals surface area contributed by atoms with Crippen molar-refractivity contribution in [2.75, 3.05) is 36.6 Å². The fourth-order valence-corrected chi connectivity index (χ4v) is 2.18. The molecule has 0 spiro atoms. The van der Waals surface area contributed by atoms with Crippen LogP contribution in [0.15, 0.2) is 30.6 Å². The molecule has 0 fully saturated rings. The number of anilines is 4. The number of hydrogen-bond acceptors (Lipinski definition) is 6. The highest BCUT2D eigenvalue weighted by Crippen LogP contribution is 2.25. The Kier molecular flexibility index (Phi) is 6.62. The zero-order valence-electron chi connectivity index (χ0n) is 13.8. The molecule has 0 saturated heterocycles. The Morgan fingerprint density at radius 3 is 2.57 bits per heavy atom. The molecule has 0 aliphatic rings. The second-order valence-electron chi connectivity index (χ2n) is 5.33. The summed E-state index contributed by atoms with van der Waals surface area (Å²) in [5, 5.41) is 6.37. The molecule has 0 atom stereocenters. The first-order valence-electron chi connectivity index (χ1n) is 7.93. The molecule has 4 N–H and O–H groups in total. The van der Waals surface area contributed by atoms with Crippen molar-refractivity contribution in [3.63, 3.8) is 0 Å². The number of methoxy groups -OCH3 is 1. The monoisotopic (exact) mass is 315 g/mol. The average Bonchev–Trinajstić information content (AvgIpc) is 2.57. The zero-order valence-corrected chi connectivity index (χ0v) is 13.8. The molecule has 2 aromatic rings. The van der Waals surface area contributed by atoms with Gasteiger partial charge in [0.05, 0.1) is 6.61 Å². The molecule has 1 aromatic heterocycles. The number of nitrogens with two attached hydrogens (primary N) is 1. The molecule has 23 heavy (non-hydrogen) atoms. The predicted molar refractivity (Wildman–Crippen MR) is 95.1 cm³/mol. The summed E-state index contributed by atoms with van der Waals surface area (Å²) in [5.74, 6) is 1.21. The summed E-state index contributed by atoms with van der Waals surface area (Å²) in [6.07, 6.45) is 5.02. The summed E-state index contributed by atoms with van der Waals surface area (Å²) in [4.78, 5) is 8.37. The molecule has 6 nitrogen and oxygen atoms in total. The summed E-state index contributed by atoms with van der Waals surface area (Å²) in [6, 6.07) is 8.36. The van der Waals surface area contributed by atoms with E-state index >= 15 is 0 Å². The van der Waals surface area contributed by atoms with Gasteiger partial charge in [-0.2, -0.15) is 0 Å². The van der Waals surface area contributed by atoms with Crippen molar-refractivity contribution >= 4 is 23.0 Å². The van der Waals surface area contributed by atoms with Crippen LogP contribution in [0.2, 0.25) is 0 Å². The van der Waals surface area contributed by atoms with Gasteiger partial charge in [-0.15, -0.1) is 0 Å². The second-order valence-corrected chi connectivity index (χ2v) is 5.33. The third-order valence-corrected chi connectivity index (χ3v) is 3.52. The largest absolute Gasteiger partial charge is 0.393 e. The van der Waals surface area contributed by atoms with Crippen LogP contribution >= 0.6 is 0 Å². The van der Waals surface area contributed by atoms with Crippen LogP contribution < -0.4 is 16.4 Å². The molecule has 0 amide bonds. The van der Waals surface area contributed by atoms with Crippen LogP contribution in [0.25, 0.3) is 0 Å². The van der Waals surface area contributed by atoms with Gasteiger partial charge in [0.25, 0.3) is 0 Å². The molecule has 124 valence electrons. The summed E-state index contributed by atoms with van der Waals surface area (Å²) < 4.78 is 5.01. The molecular formula is C17H25N5O. The first-order chi connectivity index (χ1) is 11.2. The lowest BCUT2D eigenvalue weighted by Crippen LogP contribution is -2.12. The number of unbranched alkanes of at least 4 members (excludes halogenated alkanes) is 1. The Morgan fingerprint density at radius 2 is 1.87 bits per heavy atom. The van der Waals surface area contributed by atoms with Crippen molar-refractivity contribution in [2.45, 2.75) is 26.2 Å². The number of aromatic nitrogens is 2. The minimum absolute atomic E-state index is 0.499. The number of nitrogen functional groups attached to an aromatic ring is 1. The van der Waals surface area contributed by atoms with Crippen molar-refractivity contribution in [1.82, 2.24) is 9.97 Å². The Balaban J connectivity index is 2.03. The van der Waals surface area contributed by atoms with Gasteiger partial charge in [-0.1, -0.05) is 25.5 Å². The van der Waals surface area contributed by atoms with Gasteiger partial charge in [-0.05, 0) is 30.5 Å². The first kappa shape index (κ1) is 17.0. The van der Waals surface area contributed by atoms with Gasteiger partial charge in [0.1, 0.15) is 12.0 Å². The normalized spacial score (nSPS) is 10.5. The smallest absolute Gasteiger partial charge is 0.159 e. The molecular weight excluding hydrogens is 290 g/mol. The van der Waals surface area contributed by atoms with Crippen molar-refractivity contribution in [3.05, 3.63) is 36.2 Å². The molecule has 0 saturated carbocycles. The highest BCUT2D eigenvalue weighted by Gasteiger charge is 2.08. The van der Waals surface area contributed by atoms with Gasteiger partial charge in [-0.25, -0.2) is 9.97 Å². The maximum atomic E-state index is 6.12. The molecule has 0 aliphatic carbocycles. The van der Waals surface area contributed by atoms with Gasteiger partial charge in [-0.3, -0.25) is 0 Å². The van der Waals surface area contributed by atoms with Gasteiger partial charge < -0.3 is 21.1 Å². The van der Waals surface area contributed by atoms with Crippen LogP contribution in [0, 0.1) is 0 Å². The minimum Gasteiger partial charge on any atom is -0.393 e. The van der Waals surface area contributed by atoms with Crippen molar-refractivity contribution < 1.29 is 4.74 Å². The Bertz CT molecular complexity index is 600. The van der Waals surface area contributed by atoms with Gasteiger partial charge in [0.2, 0.25) is 0 Å². The first-order valence-corrected chi connectivity index (χ1v) is 7.93. The van der Waals surface area contributed by atoms with E-state index in [1.807, 2.05) is 12.1 Å². The quantitative estimate of drug-likeness (QED) is 0.616. The van der Waals surface area contributed by atoms with E-state index in [9.17, 15) is 0 Å². The molecule has 0 radical (unpaired) electrons. The number of hydrogen-bond donors (Lipinski definition) is 3. The highest BCUT2D eigenvalue weighted by atomic mass is 16.5. The number of nitrogens with zero attached hydrogens (tertiary/aromatic N) is 2. The molecule has 0 bridgehead atoms. The fraction of sp³-hybridized carbons (Fsp3) is 0.412. The minimum atomic E-state index is 0.499. The van der Waals surface area contributed by atoms with E-state index in [0.29, 0.717) is 30.5 Å². The number of rotatable bonds is 9. The zero-order chi connectivity index (χ0) is 16.5. The summed E-state index contributed by atoms with van der Waals surface area (Å²) in [7, 11) is 1.65. The lowest BCUT2D eigenvalue weighted by Gasteiger charge is -2.12. The SMILES string of the molecule is CCCCc1ccc(Nc2ncnc(NCCOC)c2N)cc1. The van der Waals surface area contributed by atoms with Crippen LogP contribution in [0.4, 0.5) is 23.0 Å². The lowest BCUT2D eigenvalue weighted by molar-refractivity contribution is 0.210. The number of ether oxygens (including phenoxy) is 1. The summed E-state index contributed by atoms with van der Waals surface area (Å²) in [5.41, 5.74) is 8.92. The van der Waals surface area contributed by atoms with Crippen molar-refractivity contribution in [1.29, 1.82) is 0 Å². The molecule has 1 heterocycles. The van der Waals surface area contributed by atoms with Crippen molar-refractivity contribution in [2.24, 2.45) is 0 Å². The van der Waals surface area contributed by atoms with E-state index in [0.717, 1.165) is 12.1 Å². The third kappa shape index (κ3) is 5.10. The molecule has 1 aromatic carbocycles. The predicted octanol–water partition coefficient (Wildman–Crippen LogP) is 3.20. The Labute approximate surface area is 137 Å². The van der Waals surface area contributed by atoms with Crippen molar-refractivity contribution in [3.8, 4) is 0 Å². The maximum Gasteiger partial charge on any atom is 0.159 e. The van der Waals surface area contributed by atoms with Gasteiger partial charge in [0.15, 0.2) is 11.6 Å². The Hall–Kier alpha value is -2.34. The van der Waals surface area contributed by atoms with E-state index in [1.54, 1.807) is 7.11 Å². The van der Waals surface area contributed by atoms with Gasteiger partial charge in [0, 0.05) is 19.3 Å². The van der Waals surface area contributed by atoms with Gasteiger partial charge >= 0.3 is 0 Å². The molecule has 0 unspecified atom stereocenters. The number of nitrogens with one attached hydrogen (secondary N) is 2. The molecule has 0 aliphatic heterocycles. The standard InChI is InChI=1S/C17H25N5O/c1-3-4-5-13-6-8-14(9-7-13)22-17-15(18)16(20-12-21-17)19-10-11-23-2/h6-9,12H,3-5,10-11,18H2,1-2H3,(H2,19,20,21,22). The molecule has 6 heteroatoms. The van der Waals surface area contributed by atoms with E-state index < -0.39 is 0 Å². The highest BCUT2D eigenvalue weighted by molar-refractivity contribution is 5.77. The summed E-state index contributed by atoms with van der Waals surface area (Å²) >= 11 is 0. The van der Waals surface area contributed by atoms with Crippen LogP contribution in [0.5, 0.6) is 0 Å². The van der Waals surface area contributed by atoms with E-state index in [-0.39, 0.29) is 0 Å². The topological polar surface area (TPSA) is 85.1 Å². The maximum absolute atomic E-state index is 6.12. The van der Waals surface area contributed by atoms with E-state index in [1.165, 1.54) is 24.7 Å². The van der Waals surface area contributed by atoms with Crippen LogP contribution in [0.1, 0.15) is 25.3 Å². The third-order valence-electron chi connectivity index (χ3n) is 3.52.